The fraction of sp³-hybridized carbons (Fsp3) is 0.250. The molecule has 0 aliphatic carbocycles. The van der Waals surface area contributed by atoms with Crippen LogP contribution < -0.4 is 15.6 Å². The Bertz CT molecular complexity index is 1420. The lowest BCUT2D eigenvalue weighted by Gasteiger charge is -2.32. The Balaban J connectivity index is 1.93. The van der Waals surface area contributed by atoms with E-state index in [4.69, 9.17) is 0 Å². The first kappa shape index (κ1) is 21.3. The molecule has 1 aromatic heterocycles. The predicted molar refractivity (Wildman–Crippen MR) is 119 cm³/mol. The van der Waals surface area contributed by atoms with Crippen molar-refractivity contribution in [1.82, 2.24) is 9.88 Å². The van der Waals surface area contributed by atoms with E-state index in [2.05, 4.69) is 11.9 Å². The second kappa shape index (κ2) is 7.48. The molecule has 2 aliphatic rings. The van der Waals surface area contributed by atoms with E-state index in [0.29, 0.717) is 24.7 Å². The molecule has 0 saturated carbocycles. The molecule has 2 aliphatic heterocycles. The summed E-state index contributed by atoms with van der Waals surface area (Å²) in [7, 11) is 0. The Hall–Kier alpha value is -3.59. The van der Waals surface area contributed by atoms with E-state index < -0.39 is 34.4 Å². The van der Waals surface area contributed by atoms with Crippen LogP contribution in [-0.2, 0) is 0 Å². The van der Waals surface area contributed by atoms with Crippen molar-refractivity contribution in [2.45, 2.75) is 25.4 Å². The number of hydrogen-bond donors (Lipinski definition) is 2. The number of halogens is 3. The number of fused-ring (bicyclic) bond motifs is 3. The molecule has 2 fully saturated rings. The number of aromatic carboxylic acids is 1. The minimum absolute atomic E-state index is 0.0427. The van der Waals surface area contributed by atoms with Crippen LogP contribution in [0.3, 0.4) is 0 Å². The minimum Gasteiger partial charge on any atom is -0.477 e. The molecule has 33 heavy (non-hydrogen) atoms. The van der Waals surface area contributed by atoms with Crippen LogP contribution in [0.2, 0.25) is 0 Å². The zero-order valence-corrected chi connectivity index (χ0v) is 17.7. The van der Waals surface area contributed by atoms with Gasteiger partial charge in [0.15, 0.2) is 0 Å². The van der Waals surface area contributed by atoms with Crippen molar-refractivity contribution < 1.29 is 23.1 Å². The molecule has 3 heterocycles. The van der Waals surface area contributed by atoms with Gasteiger partial charge in [0.25, 0.3) is 0 Å². The summed E-state index contributed by atoms with van der Waals surface area (Å²) < 4.78 is 45.2. The molecule has 2 bridgehead atoms. The summed E-state index contributed by atoms with van der Waals surface area (Å²) in [5.74, 6) is -3.99. The van der Waals surface area contributed by atoms with E-state index in [-0.39, 0.29) is 39.9 Å². The van der Waals surface area contributed by atoms with Crippen LogP contribution in [0, 0.1) is 17.5 Å². The van der Waals surface area contributed by atoms with Crippen molar-refractivity contribution in [2.24, 2.45) is 0 Å². The summed E-state index contributed by atoms with van der Waals surface area (Å²) >= 11 is 0. The summed E-state index contributed by atoms with van der Waals surface area (Å²) in [6, 6.07) is 4.08. The number of carbonyl (C=O) groups is 1. The number of anilines is 1. The first-order valence-electron chi connectivity index (χ1n) is 10.4. The van der Waals surface area contributed by atoms with Gasteiger partial charge in [-0.2, -0.15) is 0 Å². The molecule has 2 aromatic carbocycles. The SMILES string of the molecule is C=C(C)c1c(N2CC3CC2CN3)c(F)cc2c(=O)c(C(=O)O)cn(-c3ccc(F)cc3F)c12. The van der Waals surface area contributed by atoms with E-state index in [1.807, 2.05) is 4.90 Å². The highest BCUT2D eigenvalue weighted by atomic mass is 19.1. The highest BCUT2D eigenvalue weighted by molar-refractivity contribution is 6.01. The second-order valence-corrected chi connectivity index (χ2v) is 8.55. The largest absolute Gasteiger partial charge is 0.477 e. The van der Waals surface area contributed by atoms with E-state index in [1.165, 1.54) is 4.57 Å². The van der Waals surface area contributed by atoms with Gasteiger partial charge in [0.05, 0.1) is 22.3 Å². The maximum Gasteiger partial charge on any atom is 0.341 e. The monoisotopic (exact) mass is 455 g/mol. The number of piperazine rings is 1. The molecule has 0 spiro atoms. The van der Waals surface area contributed by atoms with Crippen LogP contribution in [0.25, 0.3) is 22.2 Å². The van der Waals surface area contributed by atoms with Gasteiger partial charge in [-0.05, 0) is 37.1 Å². The van der Waals surface area contributed by atoms with Gasteiger partial charge in [-0.15, -0.1) is 0 Å². The number of benzene rings is 2. The van der Waals surface area contributed by atoms with Crippen molar-refractivity contribution in [3.8, 4) is 5.69 Å². The molecule has 0 radical (unpaired) electrons. The van der Waals surface area contributed by atoms with Gasteiger partial charge in [0, 0.05) is 43.0 Å². The lowest BCUT2D eigenvalue weighted by molar-refractivity contribution is 0.0695. The average Bonchev–Trinajstić information content (AvgIpc) is 3.37. The van der Waals surface area contributed by atoms with Gasteiger partial charge >= 0.3 is 5.97 Å². The molecule has 5 rings (SSSR count). The number of aromatic nitrogens is 1. The fourth-order valence-corrected chi connectivity index (χ4v) is 4.99. The van der Waals surface area contributed by atoms with E-state index >= 15 is 4.39 Å². The molecule has 2 N–H and O–H groups in total. The topological polar surface area (TPSA) is 74.6 Å². The highest BCUT2D eigenvalue weighted by Crippen LogP contribution is 2.40. The van der Waals surface area contributed by atoms with Crippen LogP contribution in [-0.4, -0.2) is 40.8 Å². The number of carboxylic acids is 1. The number of allylic oxidation sites excluding steroid dienone is 1. The van der Waals surface area contributed by atoms with Crippen molar-refractivity contribution in [1.29, 1.82) is 0 Å². The first-order chi connectivity index (χ1) is 15.7. The van der Waals surface area contributed by atoms with Gasteiger partial charge < -0.3 is 19.9 Å². The molecule has 6 nitrogen and oxygen atoms in total. The van der Waals surface area contributed by atoms with Gasteiger partial charge in [0.1, 0.15) is 23.0 Å². The maximum absolute atomic E-state index is 15.6. The molecular formula is C24H20F3N3O3. The van der Waals surface area contributed by atoms with Gasteiger partial charge in [-0.1, -0.05) is 6.58 Å². The Kier molecular flexibility index (Phi) is 4.82. The second-order valence-electron chi connectivity index (χ2n) is 8.55. The Morgan fingerprint density at radius 3 is 2.55 bits per heavy atom. The Morgan fingerprint density at radius 2 is 1.97 bits per heavy atom. The zero-order valence-electron chi connectivity index (χ0n) is 17.7. The van der Waals surface area contributed by atoms with Crippen molar-refractivity contribution in [3.63, 3.8) is 0 Å². The van der Waals surface area contributed by atoms with Crippen LogP contribution in [0.15, 0.2) is 41.8 Å². The molecule has 170 valence electrons. The third-order valence-corrected chi connectivity index (χ3v) is 6.38. The minimum atomic E-state index is -1.54. The summed E-state index contributed by atoms with van der Waals surface area (Å²) in [6.45, 7) is 6.85. The molecular weight excluding hydrogens is 435 g/mol. The van der Waals surface area contributed by atoms with Crippen molar-refractivity contribution in [2.75, 3.05) is 18.0 Å². The third kappa shape index (κ3) is 3.22. The summed E-state index contributed by atoms with van der Waals surface area (Å²) in [5.41, 5.74) is -0.657. The Morgan fingerprint density at radius 1 is 1.21 bits per heavy atom. The van der Waals surface area contributed by atoms with E-state index in [0.717, 1.165) is 30.8 Å². The van der Waals surface area contributed by atoms with E-state index in [1.54, 1.807) is 6.92 Å². The quantitative estimate of drug-likeness (QED) is 0.628. The predicted octanol–water partition coefficient (Wildman–Crippen LogP) is 3.69. The third-order valence-electron chi connectivity index (χ3n) is 6.38. The molecule has 0 amide bonds. The number of carboxylic acid groups (broad SMARTS) is 1. The summed E-state index contributed by atoms with van der Waals surface area (Å²) in [6.07, 6.45) is 1.83. The van der Waals surface area contributed by atoms with Crippen molar-refractivity contribution >= 4 is 28.1 Å². The van der Waals surface area contributed by atoms with Crippen LogP contribution in [0.1, 0.15) is 29.3 Å². The van der Waals surface area contributed by atoms with Crippen LogP contribution in [0.4, 0.5) is 18.9 Å². The lowest BCUT2D eigenvalue weighted by Crippen LogP contribution is -2.44. The molecule has 2 saturated heterocycles. The van der Waals surface area contributed by atoms with E-state index in [9.17, 15) is 23.5 Å². The number of hydrogen-bond acceptors (Lipinski definition) is 4. The normalized spacial score (nSPS) is 19.5. The first-order valence-corrected chi connectivity index (χ1v) is 10.4. The smallest absolute Gasteiger partial charge is 0.341 e. The van der Waals surface area contributed by atoms with Gasteiger partial charge in [0.2, 0.25) is 5.43 Å². The Labute approximate surface area is 186 Å². The lowest BCUT2D eigenvalue weighted by atomic mass is 9.97. The average molecular weight is 455 g/mol. The maximum atomic E-state index is 15.6. The molecule has 3 aromatic rings. The highest BCUT2D eigenvalue weighted by Gasteiger charge is 2.40. The summed E-state index contributed by atoms with van der Waals surface area (Å²) in [5, 5.41) is 12.7. The standard InChI is InChI=1S/C24H20F3N3O3/c1-11(2)20-21-15(7-18(27)22(20)29-9-13-6-14(29)8-28-13)23(31)16(24(32)33)10-30(21)19-4-3-12(25)5-17(19)26/h3-5,7,10,13-14,28H,1,6,8-9H2,2H3,(H,32,33). The number of nitrogens with one attached hydrogen (secondary N) is 1. The number of pyridine rings is 1. The zero-order chi connectivity index (χ0) is 23.6. The van der Waals surface area contributed by atoms with Crippen molar-refractivity contribution in [3.05, 3.63) is 75.8 Å². The molecule has 2 atom stereocenters. The molecule has 9 heteroatoms. The fourth-order valence-electron chi connectivity index (χ4n) is 4.99. The molecule has 2 unspecified atom stereocenters. The van der Waals surface area contributed by atoms with Gasteiger partial charge in [-0.3, -0.25) is 4.79 Å². The number of rotatable bonds is 4. The van der Waals surface area contributed by atoms with Gasteiger partial charge in [-0.25, -0.2) is 18.0 Å². The summed E-state index contributed by atoms with van der Waals surface area (Å²) in [4.78, 5) is 26.7. The van der Waals surface area contributed by atoms with Crippen LogP contribution in [0.5, 0.6) is 0 Å². The van der Waals surface area contributed by atoms with Crippen LogP contribution >= 0.6 is 0 Å². The number of nitrogens with zero attached hydrogens (tertiary/aromatic N) is 2.